The van der Waals surface area contributed by atoms with Crippen LogP contribution in [0.5, 0.6) is 0 Å². The lowest BCUT2D eigenvalue weighted by molar-refractivity contribution is 0.731. The van der Waals surface area contributed by atoms with E-state index in [1.54, 1.807) is 0 Å². The van der Waals surface area contributed by atoms with Crippen LogP contribution in [-0.2, 0) is 0 Å². The van der Waals surface area contributed by atoms with E-state index in [-0.39, 0.29) is 11.1 Å². The summed E-state index contributed by atoms with van der Waals surface area (Å²) < 4.78 is 3.29. The summed E-state index contributed by atoms with van der Waals surface area (Å²) in [7, 11) is 0. The summed E-state index contributed by atoms with van der Waals surface area (Å²) in [6.07, 6.45) is 5.51. The van der Waals surface area contributed by atoms with Crippen LogP contribution in [0.2, 0.25) is 0 Å². The molecule has 0 bridgehead atoms. The summed E-state index contributed by atoms with van der Waals surface area (Å²) in [5.74, 6) is 0.988. The molecular weight excluding hydrogens is 146 g/mol. The van der Waals surface area contributed by atoms with E-state index in [2.05, 4.69) is 27.5 Å². The Kier molecular flexibility index (Phi) is 2.86. The molecule has 0 aliphatic carbocycles. The van der Waals surface area contributed by atoms with Crippen molar-refractivity contribution in [3.8, 4) is 0 Å². The summed E-state index contributed by atoms with van der Waals surface area (Å²) in [6.45, 7) is 2.04. The second-order valence-electron chi connectivity index (χ2n) is 2.52. The predicted octanol–water partition coefficient (Wildman–Crippen LogP) is 0.101. The molecule has 1 heterocycles. The van der Waals surface area contributed by atoms with Crippen molar-refractivity contribution < 1.29 is 0 Å². The summed E-state index contributed by atoms with van der Waals surface area (Å²) >= 11 is -0.0666. The molecule has 3 nitrogen and oxygen atoms in total. The topological polar surface area (TPSA) is 36.4 Å². The molecule has 0 aromatic heterocycles. The molecule has 0 saturated heterocycles. The molecule has 0 aromatic rings. The lowest BCUT2D eigenvalue weighted by Gasteiger charge is -2.19. The maximum Gasteiger partial charge on any atom is 0.199 e. The fraction of sp³-hybridized carbons (Fsp3) is 0.833. The zero-order valence-electron chi connectivity index (χ0n) is 6.52. The summed E-state index contributed by atoms with van der Waals surface area (Å²) in [5.41, 5.74) is 0. The Labute approximate surface area is 64.8 Å². The second-order valence-corrected chi connectivity index (χ2v) is 4.53. The third kappa shape index (κ3) is 2.47. The smallest absolute Gasteiger partial charge is 0.199 e. The van der Waals surface area contributed by atoms with Gasteiger partial charge in [-0.1, -0.05) is 0 Å². The number of rotatable bonds is 1. The van der Waals surface area contributed by atoms with Gasteiger partial charge in [0.2, 0.25) is 0 Å². The Hall–Kier alpha value is -0.380. The third-order valence-corrected chi connectivity index (χ3v) is 1.89. The fourth-order valence-electron chi connectivity index (χ4n) is 0.819. The molecule has 10 heavy (non-hydrogen) atoms. The van der Waals surface area contributed by atoms with Gasteiger partial charge in [0.15, 0.2) is 5.96 Å². The molecule has 0 saturated carbocycles. The van der Waals surface area contributed by atoms with Crippen molar-refractivity contribution in [3.05, 3.63) is 0 Å². The van der Waals surface area contributed by atoms with Gasteiger partial charge in [-0.05, 0) is 18.9 Å². The summed E-state index contributed by atoms with van der Waals surface area (Å²) in [4.78, 5) is 4.28. The van der Waals surface area contributed by atoms with Gasteiger partial charge in [-0.2, -0.15) is 11.1 Å². The number of hydrogen-bond donors (Lipinski definition) is 3. The van der Waals surface area contributed by atoms with Crippen LogP contribution in [0.1, 0.15) is 6.42 Å². The largest absolute Gasteiger partial charge is 0.356 e. The Morgan fingerprint density at radius 2 is 2.40 bits per heavy atom. The van der Waals surface area contributed by atoms with Crippen molar-refractivity contribution in [2.24, 2.45) is 4.99 Å². The maximum atomic E-state index is 4.28. The SMILES string of the molecule is C[SH](C)NC1=NCCCN1. The molecule has 1 aliphatic heterocycles. The van der Waals surface area contributed by atoms with E-state index in [0.29, 0.717) is 0 Å². The van der Waals surface area contributed by atoms with Crippen LogP contribution in [0.15, 0.2) is 4.99 Å². The number of thiol groups is 1. The first kappa shape index (κ1) is 7.72. The van der Waals surface area contributed by atoms with E-state index < -0.39 is 0 Å². The summed E-state index contributed by atoms with van der Waals surface area (Å²) in [6, 6.07) is 0. The molecule has 2 N–H and O–H groups in total. The van der Waals surface area contributed by atoms with Gasteiger partial charge in [0, 0.05) is 13.1 Å². The number of hydrogen-bond acceptors (Lipinski definition) is 3. The van der Waals surface area contributed by atoms with Crippen molar-refractivity contribution in [2.45, 2.75) is 6.42 Å². The monoisotopic (exact) mass is 161 g/mol. The number of nitrogens with one attached hydrogen (secondary N) is 2. The first-order chi connectivity index (χ1) is 4.79. The lowest BCUT2D eigenvalue weighted by Crippen LogP contribution is -2.38. The quantitative estimate of drug-likeness (QED) is 0.477. The van der Waals surface area contributed by atoms with E-state index in [1.807, 2.05) is 0 Å². The van der Waals surface area contributed by atoms with Gasteiger partial charge in [-0.15, -0.1) is 0 Å². The van der Waals surface area contributed by atoms with Crippen LogP contribution in [0.25, 0.3) is 0 Å². The van der Waals surface area contributed by atoms with Gasteiger partial charge < -0.3 is 10.0 Å². The highest BCUT2D eigenvalue weighted by Gasteiger charge is 2.01. The Bertz CT molecular complexity index is 133. The van der Waals surface area contributed by atoms with Gasteiger partial charge in [0.25, 0.3) is 0 Å². The minimum absolute atomic E-state index is 0.0666. The van der Waals surface area contributed by atoms with Crippen molar-refractivity contribution in [1.82, 2.24) is 10.0 Å². The third-order valence-electron chi connectivity index (χ3n) is 1.23. The Balaban J connectivity index is 2.31. The Morgan fingerprint density at radius 1 is 1.60 bits per heavy atom. The van der Waals surface area contributed by atoms with Gasteiger partial charge in [0.05, 0.1) is 0 Å². The highest BCUT2D eigenvalue weighted by atomic mass is 32.2. The minimum Gasteiger partial charge on any atom is -0.356 e. The van der Waals surface area contributed by atoms with E-state index in [1.165, 1.54) is 0 Å². The highest BCUT2D eigenvalue weighted by Crippen LogP contribution is 2.05. The van der Waals surface area contributed by atoms with Gasteiger partial charge >= 0.3 is 0 Å². The van der Waals surface area contributed by atoms with Gasteiger partial charge in [-0.25, -0.2) is 0 Å². The van der Waals surface area contributed by atoms with Crippen LogP contribution in [0.4, 0.5) is 0 Å². The predicted molar refractivity (Wildman–Crippen MR) is 48.9 cm³/mol. The molecular formula is C6H15N3S. The first-order valence-electron chi connectivity index (χ1n) is 3.51. The number of aliphatic imine (C=N–C) groups is 1. The normalized spacial score (nSPS) is 19.0. The highest BCUT2D eigenvalue weighted by molar-refractivity contribution is 8.14. The lowest BCUT2D eigenvalue weighted by atomic mass is 10.4. The minimum atomic E-state index is -0.0666. The van der Waals surface area contributed by atoms with E-state index in [0.717, 1.165) is 25.5 Å². The Morgan fingerprint density at radius 3 is 2.90 bits per heavy atom. The van der Waals surface area contributed by atoms with Crippen LogP contribution >= 0.6 is 11.1 Å². The molecule has 0 radical (unpaired) electrons. The second kappa shape index (κ2) is 3.71. The molecule has 0 fully saturated rings. The molecule has 0 spiro atoms. The number of guanidine groups is 1. The van der Waals surface area contributed by atoms with E-state index in [9.17, 15) is 0 Å². The van der Waals surface area contributed by atoms with Crippen LogP contribution in [0, 0.1) is 0 Å². The molecule has 1 aliphatic rings. The molecule has 0 unspecified atom stereocenters. The van der Waals surface area contributed by atoms with Crippen LogP contribution in [-0.4, -0.2) is 31.6 Å². The molecule has 60 valence electrons. The van der Waals surface area contributed by atoms with E-state index >= 15 is 0 Å². The van der Waals surface area contributed by atoms with Crippen LogP contribution in [0.3, 0.4) is 0 Å². The van der Waals surface area contributed by atoms with Gasteiger partial charge in [-0.3, -0.25) is 4.99 Å². The average molecular weight is 161 g/mol. The fourth-order valence-corrected chi connectivity index (χ4v) is 1.39. The van der Waals surface area contributed by atoms with Crippen LogP contribution < -0.4 is 10.0 Å². The maximum absolute atomic E-state index is 4.28. The first-order valence-corrected chi connectivity index (χ1v) is 5.75. The van der Waals surface area contributed by atoms with Crippen molar-refractivity contribution in [1.29, 1.82) is 0 Å². The van der Waals surface area contributed by atoms with E-state index in [4.69, 9.17) is 0 Å². The zero-order chi connectivity index (χ0) is 7.40. The van der Waals surface area contributed by atoms with Crippen molar-refractivity contribution in [3.63, 3.8) is 0 Å². The number of nitrogens with zero attached hydrogens (tertiary/aromatic N) is 1. The standard InChI is InChI=1S/C6H15N3S/c1-10(2)9-6-7-4-3-5-8-6/h10H,3-5H2,1-2H3,(H2,7,8,9). The molecule has 4 heteroatoms. The molecule has 1 rings (SSSR count). The zero-order valence-corrected chi connectivity index (χ0v) is 7.41. The van der Waals surface area contributed by atoms with Gasteiger partial charge in [0.1, 0.15) is 0 Å². The molecule has 0 aromatic carbocycles. The molecule has 0 amide bonds. The van der Waals surface area contributed by atoms with Crippen molar-refractivity contribution in [2.75, 3.05) is 25.6 Å². The summed E-state index contributed by atoms with van der Waals surface area (Å²) in [5, 5.41) is 3.21. The average Bonchev–Trinajstić information content (AvgIpc) is 1.88. The van der Waals surface area contributed by atoms with Crippen molar-refractivity contribution >= 4 is 17.0 Å². The molecule has 0 atom stereocenters.